The lowest BCUT2D eigenvalue weighted by Gasteiger charge is -2.27. The number of hydrogen-bond acceptors (Lipinski definition) is 3. The van der Waals surface area contributed by atoms with Crippen molar-refractivity contribution in [2.24, 2.45) is 5.73 Å². The molecule has 1 aromatic rings. The summed E-state index contributed by atoms with van der Waals surface area (Å²) < 4.78 is 0. The van der Waals surface area contributed by atoms with Gasteiger partial charge >= 0.3 is 0 Å². The van der Waals surface area contributed by atoms with E-state index in [4.69, 9.17) is 5.73 Å². The van der Waals surface area contributed by atoms with Crippen molar-refractivity contribution in [3.8, 4) is 0 Å². The van der Waals surface area contributed by atoms with Crippen molar-refractivity contribution in [2.45, 2.75) is 51.2 Å². The molecule has 0 spiro atoms. The van der Waals surface area contributed by atoms with Crippen LogP contribution >= 0.6 is 0 Å². The first-order valence-corrected chi connectivity index (χ1v) is 6.15. The second-order valence-electron chi connectivity index (χ2n) is 4.77. The van der Waals surface area contributed by atoms with E-state index >= 15 is 0 Å². The van der Waals surface area contributed by atoms with Gasteiger partial charge in [0.25, 0.3) is 0 Å². The molecular formula is C13H21N3. The second-order valence-corrected chi connectivity index (χ2v) is 4.77. The average molecular weight is 219 g/mol. The van der Waals surface area contributed by atoms with E-state index in [0.29, 0.717) is 12.1 Å². The van der Waals surface area contributed by atoms with E-state index in [1.165, 1.54) is 24.8 Å². The fourth-order valence-electron chi connectivity index (χ4n) is 2.36. The molecule has 2 atom stereocenters. The van der Waals surface area contributed by atoms with Crippen molar-refractivity contribution < 1.29 is 0 Å². The number of nitrogens with two attached hydrogens (primary N) is 1. The van der Waals surface area contributed by atoms with Gasteiger partial charge in [0.05, 0.1) is 5.69 Å². The summed E-state index contributed by atoms with van der Waals surface area (Å²) in [6, 6.07) is 5.05. The van der Waals surface area contributed by atoms with Gasteiger partial charge < -0.3 is 11.1 Å². The highest BCUT2D eigenvalue weighted by Crippen LogP contribution is 2.17. The Kier molecular flexibility index (Phi) is 3.91. The molecule has 3 nitrogen and oxygen atoms in total. The molecule has 1 aliphatic rings. The van der Waals surface area contributed by atoms with Gasteiger partial charge in [0.15, 0.2) is 0 Å². The quantitative estimate of drug-likeness (QED) is 0.814. The van der Waals surface area contributed by atoms with Crippen LogP contribution in [0, 0.1) is 6.92 Å². The number of nitrogens with one attached hydrogen (secondary N) is 1. The molecule has 1 aromatic heterocycles. The molecule has 0 aliphatic heterocycles. The van der Waals surface area contributed by atoms with Gasteiger partial charge in [-0.2, -0.15) is 0 Å². The molecule has 1 fully saturated rings. The van der Waals surface area contributed by atoms with E-state index in [9.17, 15) is 0 Å². The highest BCUT2D eigenvalue weighted by molar-refractivity contribution is 5.17. The largest absolute Gasteiger partial charge is 0.328 e. The lowest BCUT2D eigenvalue weighted by atomic mass is 9.91. The van der Waals surface area contributed by atoms with Gasteiger partial charge in [-0.25, -0.2) is 0 Å². The third kappa shape index (κ3) is 3.03. The fraction of sp³-hybridized carbons (Fsp3) is 0.615. The summed E-state index contributed by atoms with van der Waals surface area (Å²) in [4.78, 5) is 4.39. The molecule has 0 amide bonds. The van der Waals surface area contributed by atoms with Crippen LogP contribution in [0.1, 0.15) is 36.9 Å². The topological polar surface area (TPSA) is 50.9 Å². The minimum atomic E-state index is 0.385. The second kappa shape index (κ2) is 5.41. The van der Waals surface area contributed by atoms with Gasteiger partial charge in [-0.3, -0.25) is 4.98 Å². The minimum Gasteiger partial charge on any atom is -0.328 e. The Labute approximate surface area is 97.5 Å². The molecule has 0 saturated heterocycles. The van der Waals surface area contributed by atoms with Gasteiger partial charge in [0, 0.05) is 24.8 Å². The molecule has 0 aromatic carbocycles. The maximum Gasteiger partial charge on any atom is 0.0570 e. The molecule has 16 heavy (non-hydrogen) atoms. The number of rotatable bonds is 3. The average Bonchev–Trinajstić information content (AvgIpc) is 2.28. The molecule has 2 unspecified atom stereocenters. The normalized spacial score (nSPS) is 25.6. The standard InChI is InChI=1S/C13H21N3/c1-10-4-3-7-15-13(10)9-16-12-6-2-5-11(14)8-12/h3-4,7,11-12,16H,2,5-6,8-9,14H2,1H3. The zero-order valence-corrected chi connectivity index (χ0v) is 9.95. The molecular weight excluding hydrogens is 198 g/mol. The van der Waals surface area contributed by atoms with Crippen molar-refractivity contribution in [1.82, 2.24) is 10.3 Å². The van der Waals surface area contributed by atoms with Crippen molar-refractivity contribution >= 4 is 0 Å². The summed E-state index contributed by atoms with van der Waals surface area (Å²) in [7, 11) is 0. The van der Waals surface area contributed by atoms with E-state index < -0.39 is 0 Å². The smallest absolute Gasteiger partial charge is 0.0570 e. The Hall–Kier alpha value is -0.930. The third-order valence-electron chi connectivity index (χ3n) is 3.39. The first-order valence-electron chi connectivity index (χ1n) is 6.15. The van der Waals surface area contributed by atoms with Gasteiger partial charge in [-0.1, -0.05) is 12.5 Å². The first kappa shape index (κ1) is 11.6. The van der Waals surface area contributed by atoms with E-state index in [1.54, 1.807) is 0 Å². The highest BCUT2D eigenvalue weighted by atomic mass is 14.9. The Morgan fingerprint density at radius 1 is 1.50 bits per heavy atom. The number of aryl methyl sites for hydroxylation is 1. The summed E-state index contributed by atoms with van der Waals surface area (Å²) in [6.45, 7) is 2.97. The Morgan fingerprint density at radius 2 is 2.38 bits per heavy atom. The Balaban J connectivity index is 1.85. The third-order valence-corrected chi connectivity index (χ3v) is 3.39. The van der Waals surface area contributed by atoms with Crippen LogP contribution in [0.3, 0.4) is 0 Å². The maximum atomic E-state index is 5.97. The van der Waals surface area contributed by atoms with E-state index in [1.807, 2.05) is 12.3 Å². The molecule has 1 aliphatic carbocycles. The Morgan fingerprint density at radius 3 is 3.12 bits per heavy atom. The summed E-state index contributed by atoms with van der Waals surface area (Å²) in [6.07, 6.45) is 6.64. The van der Waals surface area contributed by atoms with Crippen molar-refractivity contribution in [3.05, 3.63) is 29.6 Å². The SMILES string of the molecule is Cc1cccnc1CNC1CCCC(N)C1. The van der Waals surface area contributed by atoms with Crippen molar-refractivity contribution in [3.63, 3.8) is 0 Å². The summed E-state index contributed by atoms with van der Waals surface area (Å²) in [5.41, 5.74) is 8.38. The predicted octanol–water partition coefficient (Wildman–Crippen LogP) is 1.75. The number of pyridine rings is 1. The predicted molar refractivity (Wildman–Crippen MR) is 66.0 cm³/mol. The zero-order valence-electron chi connectivity index (χ0n) is 9.95. The lowest BCUT2D eigenvalue weighted by Crippen LogP contribution is -2.39. The van der Waals surface area contributed by atoms with Crippen LogP contribution in [0.2, 0.25) is 0 Å². The first-order chi connectivity index (χ1) is 7.75. The summed E-state index contributed by atoms with van der Waals surface area (Å²) in [5, 5.41) is 3.57. The highest BCUT2D eigenvalue weighted by Gasteiger charge is 2.18. The van der Waals surface area contributed by atoms with Crippen LogP contribution in [0.25, 0.3) is 0 Å². The molecule has 88 valence electrons. The van der Waals surface area contributed by atoms with Crippen LogP contribution in [0.15, 0.2) is 18.3 Å². The van der Waals surface area contributed by atoms with Crippen molar-refractivity contribution in [1.29, 1.82) is 0 Å². The zero-order chi connectivity index (χ0) is 11.4. The van der Waals surface area contributed by atoms with E-state index in [2.05, 4.69) is 23.3 Å². The van der Waals surface area contributed by atoms with E-state index in [0.717, 1.165) is 18.7 Å². The summed E-state index contributed by atoms with van der Waals surface area (Å²) >= 11 is 0. The van der Waals surface area contributed by atoms with Gasteiger partial charge in [-0.15, -0.1) is 0 Å². The molecule has 0 bridgehead atoms. The number of hydrogen-bond donors (Lipinski definition) is 2. The van der Waals surface area contributed by atoms with Crippen LogP contribution in [0.4, 0.5) is 0 Å². The number of nitrogens with zero attached hydrogens (tertiary/aromatic N) is 1. The maximum absolute atomic E-state index is 5.97. The lowest BCUT2D eigenvalue weighted by molar-refractivity contribution is 0.337. The molecule has 1 saturated carbocycles. The Bertz CT molecular complexity index is 338. The molecule has 1 heterocycles. The molecule has 3 heteroatoms. The molecule has 2 rings (SSSR count). The summed E-state index contributed by atoms with van der Waals surface area (Å²) in [5.74, 6) is 0. The van der Waals surface area contributed by atoms with Crippen LogP contribution in [-0.2, 0) is 6.54 Å². The van der Waals surface area contributed by atoms with Crippen molar-refractivity contribution in [2.75, 3.05) is 0 Å². The van der Waals surface area contributed by atoms with Gasteiger partial charge in [-0.05, 0) is 37.8 Å². The van der Waals surface area contributed by atoms with Crippen LogP contribution in [0.5, 0.6) is 0 Å². The van der Waals surface area contributed by atoms with Gasteiger partial charge in [0.1, 0.15) is 0 Å². The number of aromatic nitrogens is 1. The fourth-order valence-corrected chi connectivity index (χ4v) is 2.36. The minimum absolute atomic E-state index is 0.385. The van der Waals surface area contributed by atoms with E-state index in [-0.39, 0.29) is 0 Å². The van der Waals surface area contributed by atoms with Gasteiger partial charge in [0.2, 0.25) is 0 Å². The van der Waals surface area contributed by atoms with Crippen LogP contribution in [-0.4, -0.2) is 17.1 Å². The molecule has 0 radical (unpaired) electrons. The monoisotopic (exact) mass is 219 g/mol. The molecule has 3 N–H and O–H groups in total. The van der Waals surface area contributed by atoms with Crippen LogP contribution < -0.4 is 11.1 Å².